The van der Waals surface area contributed by atoms with Gasteiger partial charge in [0.1, 0.15) is 0 Å². The van der Waals surface area contributed by atoms with Crippen molar-refractivity contribution >= 4 is 9.84 Å². The third kappa shape index (κ3) is 3.31. The molecule has 1 aliphatic carbocycles. The fourth-order valence-corrected chi connectivity index (χ4v) is 2.59. The normalized spacial score (nSPS) is 17.7. The van der Waals surface area contributed by atoms with Crippen molar-refractivity contribution in [3.8, 4) is 0 Å². The lowest BCUT2D eigenvalue weighted by atomic mass is 10.1. The van der Waals surface area contributed by atoms with Crippen molar-refractivity contribution in [2.75, 3.05) is 19.3 Å². The predicted molar refractivity (Wildman–Crippen MR) is 72.0 cm³/mol. The molecule has 100 valence electrons. The van der Waals surface area contributed by atoms with Crippen LogP contribution < -0.4 is 11.1 Å². The molecule has 1 saturated carbocycles. The molecule has 1 fully saturated rings. The number of hydrogen-bond donors (Lipinski definition) is 2. The standard InChI is InChI=1S/C13H20N2O2S/c1-18(16,17)12-4-2-11(3-5-12)8-15-10-13(9-14)6-7-13/h2-5,15H,6-10,14H2,1H3. The largest absolute Gasteiger partial charge is 0.330 e. The van der Waals surface area contributed by atoms with E-state index in [1.807, 2.05) is 12.1 Å². The van der Waals surface area contributed by atoms with Gasteiger partial charge < -0.3 is 11.1 Å². The Bertz CT molecular complexity index is 504. The van der Waals surface area contributed by atoms with Crippen LogP contribution in [-0.4, -0.2) is 27.8 Å². The zero-order valence-corrected chi connectivity index (χ0v) is 11.5. The first-order valence-corrected chi connectivity index (χ1v) is 8.04. The molecule has 18 heavy (non-hydrogen) atoms. The van der Waals surface area contributed by atoms with Gasteiger partial charge in [-0.3, -0.25) is 0 Å². The summed E-state index contributed by atoms with van der Waals surface area (Å²) in [7, 11) is -3.09. The molecule has 0 amide bonds. The molecule has 4 nitrogen and oxygen atoms in total. The summed E-state index contributed by atoms with van der Waals surface area (Å²) in [5, 5.41) is 3.38. The summed E-state index contributed by atoms with van der Waals surface area (Å²) >= 11 is 0. The van der Waals surface area contributed by atoms with Gasteiger partial charge in [-0.15, -0.1) is 0 Å². The molecular formula is C13H20N2O2S. The zero-order chi connectivity index (χ0) is 13.2. The lowest BCUT2D eigenvalue weighted by molar-refractivity contribution is 0.468. The maximum Gasteiger partial charge on any atom is 0.175 e. The Balaban J connectivity index is 1.87. The maximum absolute atomic E-state index is 11.3. The molecule has 0 saturated heterocycles. The van der Waals surface area contributed by atoms with E-state index in [0.717, 1.165) is 25.2 Å². The first kappa shape index (κ1) is 13.5. The summed E-state index contributed by atoms with van der Waals surface area (Å²) in [6.07, 6.45) is 3.64. The van der Waals surface area contributed by atoms with Crippen LogP contribution in [0.3, 0.4) is 0 Å². The van der Waals surface area contributed by atoms with Crippen LogP contribution in [0, 0.1) is 5.41 Å². The molecular weight excluding hydrogens is 248 g/mol. The highest BCUT2D eigenvalue weighted by Gasteiger charge is 2.40. The number of hydrogen-bond acceptors (Lipinski definition) is 4. The number of nitrogens with one attached hydrogen (secondary N) is 1. The highest BCUT2D eigenvalue weighted by Crippen LogP contribution is 2.43. The Morgan fingerprint density at radius 2 is 1.89 bits per heavy atom. The van der Waals surface area contributed by atoms with Crippen LogP contribution in [0.1, 0.15) is 18.4 Å². The molecule has 1 aromatic carbocycles. The molecule has 0 aliphatic heterocycles. The van der Waals surface area contributed by atoms with Crippen molar-refractivity contribution in [1.82, 2.24) is 5.32 Å². The Kier molecular flexibility index (Phi) is 3.75. The topological polar surface area (TPSA) is 72.2 Å². The number of nitrogens with two attached hydrogens (primary N) is 1. The van der Waals surface area contributed by atoms with Gasteiger partial charge in [-0.1, -0.05) is 12.1 Å². The maximum atomic E-state index is 11.3. The smallest absolute Gasteiger partial charge is 0.175 e. The van der Waals surface area contributed by atoms with Gasteiger partial charge in [0.2, 0.25) is 0 Å². The highest BCUT2D eigenvalue weighted by atomic mass is 32.2. The molecule has 0 aromatic heterocycles. The Morgan fingerprint density at radius 3 is 2.33 bits per heavy atom. The monoisotopic (exact) mass is 268 g/mol. The van der Waals surface area contributed by atoms with Crippen LogP contribution in [0.5, 0.6) is 0 Å². The summed E-state index contributed by atoms with van der Waals surface area (Å²) in [6.45, 7) is 2.44. The van der Waals surface area contributed by atoms with Crippen LogP contribution in [0.25, 0.3) is 0 Å². The SMILES string of the molecule is CS(=O)(=O)c1ccc(CNCC2(CN)CC2)cc1. The van der Waals surface area contributed by atoms with E-state index in [1.165, 1.54) is 19.1 Å². The molecule has 1 aliphatic rings. The second kappa shape index (κ2) is 4.99. The molecule has 0 spiro atoms. The summed E-state index contributed by atoms with van der Waals surface area (Å²) in [5.74, 6) is 0. The minimum atomic E-state index is -3.09. The van der Waals surface area contributed by atoms with E-state index in [2.05, 4.69) is 5.32 Å². The molecule has 0 bridgehead atoms. The summed E-state index contributed by atoms with van der Waals surface area (Å²) < 4.78 is 22.6. The van der Waals surface area contributed by atoms with Crippen molar-refractivity contribution < 1.29 is 8.42 Å². The second-order valence-electron chi connectivity index (χ2n) is 5.22. The van der Waals surface area contributed by atoms with E-state index in [0.29, 0.717) is 10.3 Å². The molecule has 1 aromatic rings. The third-order valence-corrected chi connectivity index (χ3v) is 4.70. The van der Waals surface area contributed by atoms with E-state index in [1.54, 1.807) is 12.1 Å². The van der Waals surface area contributed by atoms with Crippen molar-refractivity contribution in [2.45, 2.75) is 24.3 Å². The predicted octanol–water partition coefficient (Wildman–Crippen LogP) is 0.919. The zero-order valence-electron chi connectivity index (χ0n) is 10.6. The van der Waals surface area contributed by atoms with Gasteiger partial charge in [0.05, 0.1) is 4.90 Å². The second-order valence-corrected chi connectivity index (χ2v) is 7.24. The van der Waals surface area contributed by atoms with Gasteiger partial charge in [0.15, 0.2) is 9.84 Å². The lowest BCUT2D eigenvalue weighted by Gasteiger charge is -2.13. The van der Waals surface area contributed by atoms with Crippen LogP contribution in [0.4, 0.5) is 0 Å². The summed E-state index contributed by atoms with van der Waals surface area (Å²) in [6, 6.07) is 7.02. The van der Waals surface area contributed by atoms with Gasteiger partial charge in [0, 0.05) is 19.3 Å². The molecule has 0 radical (unpaired) electrons. The Labute approximate surface area is 108 Å². The van der Waals surface area contributed by atoms with Gasteiger partial charge in [-0.05, 0) is 42.5 Å². The minimum absolute atomic E-state index is 0.326. The number of sulfone groups is 1. The average molecular weight is 268 g/mol. The van der Waals surface area contributed by atoms with Crippen LogP contribution >= 0.6 is 0 Å². The summed E-state index contributed by atoms with van der Waals surface area (Å²) in [4.78, 5) is 0.367. The van der Waals surface area contributed by atoms with E-state index >= 15 is 0 Å². The first-order chi connectivity index (χ1) is 8.45. The highest BCUT2D eigenvalue weighted by molar-refractivity contribution is 7.90. The molecule has 0 unspecified atom stereocenters. The van der Waals surface area contributed by atoms with E-state index in [-0.39, 0.29) is 0 Å². The van der Waals surface area contributed by atoms with E-state index < -0.39 is 9.84 Å². The minimum Gasteiger partial charge on any atom is -0.330 e. The fraction of sp³-hybridized carbons (Fsp3) is 0.538. The van der Waals surface area contributed by atoms with E-state index in [4.69, 9.17) is 5.73 Å². The average Bonchev–Trinajstić information content (AvgIpc) is 3.09. The quantitative estimate of drug-likeness (QED) is 0.804. The Morgan fingerprint density at radius 1 is 1.28 bits per heavy atom. The van der Waals surface area contributed by atoms with Gasteiger partial charge in [0.25, 0.3) is 0 Å². The fourth-order valence-electron chi connectivity index (χ4n) is 1.96. The van der Waals surface area contributed by atoms with Gasteiger partial charge in [-0.25, -0.2) is 8.42 Å². The van der Waals surface area contributed by atoms with Crippen LogP contribution in [0.15, 0.2) is 29.2 Å². The molecule has 5 heteroatoms. The summed E-state index contributed by atoms with van der Waals surface area (Å²) in [5.41, 5.74) is 7.13. The Hall–Kier alpha value is -0.910. The molecule has 0 heterocycles. The van der Waals surface area contributed by atoms with Gasteiger partial charge in [-0.2, -0.15) is 0 Å². The van der Waals surface area contributed by atoms with Crippen molar-refractivity contribution in [1.29, 1.82) is 0 Å². The van der Waals surface area contributed by atoms with Gasteiger partial charge >= 0.3 is 0 Å². The van der Waals surface area contributed by atoms with Crippen LogP contribution in [-0.2, 0) is 16.4 Å². The molecule has 2 rings (SSSR count). The van der Waals surface area contributed by atoms with Crippen molar-refractivity contribution in [2.24, 2.45) is 11.1 Å². The van der Waals surface area contributed by atoms with Crippen LogP contribution in [0.2, 0.25) is 0 Å². The van der Waals surface area contributed by atoms with E-state index in [9.17, 15) is 8.42 Å². The van der Waals surface area contributed by atoms with Crippen molar-refractivity contribution in [3.05, 3.63) is 29.8 Å². The molecule has 0 atom stereocenters. The third-order valence-electron chi connectivity index (χ3n) is 3.57. The number of benzene rings is 1. The lowest BCUT2D eigenvalue weighted by Crippen LogP contribution is -2.29. The van der Waals surface area contributed by atoms with Crippen molar-refractivity contribution in [3.63, 3.8) is 0 Å². The first-order valence-electron chi connectivity index (χ1n) is 6.15. The molecule has 3 N–H and O–H groups in total. The number of rotatable bonds is 6.